The van der Waals surface area contributed by atoms with Crippen LogP contribution >= 0.6 is 0 Å². The number of methoxy groups -OCH3 is 1. The Morgan fingerprint density at radius 2 is 2.06 bits per heavy atom. The molecule has 0 bridgehead atoms. The lowest BCUT2D eigenvalue weighted by Crippen LogP contribution is -2.41. The fourth-order valence-electron chi connectivity index (χ4n) is 1.40. The number of nitrogens with one attached hydrogen (secondary N) is 1. The lowest BCUT2D eigenvalue weighted by molar-refractivity contribution is -0.138. The number of hydrogen-bond donors (Lipinski definition) is 3. The van der Waals surface area contributed by atoms with E-state index in [9.17, 15) is 4.79 Å². The van der Waals surface area contributed by atoms with Crippen LogP contribution in [0, 0.1) is 0 Å². The highest BCUT2D eigenvalue weighted by Gasteiger charge is 2.13. The van der Waals surface area contributed by atoms with Gasteiger partial charge in [0.15, 0.2) is 0 Å². The van der Waals surface area contributed by atoms with Gasteiger partial charge in [0.25, 0.3) is 0 Å². The topological polar surface area (TPSA) is 84.6 Å². The molecule has 0 aromatic heterocycles. The van der Waals surface area contributed by atoms with E-state index in [0.29, 0.717) is 0 Å². The molecule has 0 aliphatic carbocycles. The van der Waals surface area contributed by atoms with Gasteiger partial charge in [-0.1, -0.05) is 12.1 Å². The van der Waals surface area contributed by atoms with Crippen LogP contribution in [0.15, 0.2) is 24.3 Å². The third-order valence-corrected chi connectivity index (χ3v) is 2.58. The van der Waals surface area contributed by atoms with Gasteiger partial charge in [0.05, 0.1) is 7.11 Å². The molecule has 0 aliphatic rings. The summed E-state index contributed by atoms with van der Waals surface area (Å²) in [6.07, 6.45) is 0. The highest BCUT2D eigenvalue weighted by molar-refractivity contribution is 5.73. The van der Waals surface area contributed by atoms with Gasteiger partial charge in [-0.15, -0.1) is 0 Å². The van der Waals surface area contributed by atoms with Crippen LogP contribution < -0.4 is 15.8 Å². The van der Waals surface area contributed by atoms with Crippen LogP contribution in [0.4, 0.5) is 0 Å². The van der Waals surface area contributed by atoms with Gasteiger partial charge in [0.2, 0.25) is 0 Å². The van der Waals surface area contributed by atoms with Gasteiger partial charge < -0.3 is 20.9 Å². The zero-order valence-corrected chi connectivity index (χ0v) is 10.0. The molecule has 5 nitrogen and oxygen atoms in total. The van der Waals surface area contributed by atoms with Crippen molar-refractivity contribution < 1.29 is 14.6 Å². The lowest BCUT2D eigenvalue weighted by Gasteiger charge is -2.16. The molecule has 0 saturated carbocycles. The van der Waals surface area contributed by atoms with Gasteiger partial charge in [-0.05, 0) is 24.6 Å². The molecule has 4 N–H and O–H groups in total. The highest BCUT2D eigenvalue weighted by Crippen LogP contribution is 2.16. The van der Waals surface area contributed by atoms with Gasteiger partial charge in [-0.2, -0.15) is 0 Å². The van der Waals surface area contributed by atoms with E-state index in [0.717, 1.165) is 11.3 Å². The molecule has 0 spiro atoms. The average Bonchev–Trinajstić information content (AvgIpc) is 2.35. The van der Waals surface area contributed by atoms with E-state index >= 15 is 0 Å². The van der Waals surface area contributed by atoms with Crippen LogP contribution in [0.1, 0.15) is 18.5 Å². The van der Waals surface area contributed by atoms with Crippen molar-refractivity contribution in [2.75, 3.05) is 13.7 Å². The molecule has 1 aromatic rings. The van der Waals surface area contributed by atoms with Crippen molar-refractivity contribution in [2.24, 2.45) is 5.73 Å². The van der Waals surface area contributed by atoms with Crippen molar-refractivity contribution in [3.63, 3.8) is 0 Å². The summed E-state index contributed by atoms with van der Waals surface area (Å²) in [5.41, 5.74) is 6.47. The van der Waals surface area contributed by atoms with Gasteiger partial charge in [0.1, 0.15) is 11.8 Å². The smallest absolute Gasteiger partial charge is 0.321 e. The quantitative estimate of drug-likeness (QED) is 0.681. The minimum atomic E-state index is -1.00. The third-order valence-electron chi connectivity index (χ3n) is 2.58. The second-order valence-corrected chi connectivity index (χ2v) is 3.85. The predicted octanol–water partition coefficient (Wildman–Crippen LogP) is 0.758. The molecule has 0 aliphatic heterocycles. The summed E-state index contributed by atoms with van der Waals surface area (Å²) in [5, 5.41) is 11.7. The van der Waals surface area contributed by atoms with Crippen LogP contribution in [0.25, 0.3) is 0 Å². The molecular weight excluding hydrogens is 220 g/mol. The largest absolute Gasteiger partial charge is 0.497 e. The maximum absolute atomic E-state index is 10.6. The second kappa shape index (κ2) is 6.22. The Bertz CT molecular complexity index is 365. The molecule has 94 valence electrons. The van der Waals surface area contributed by atoms with E-state index in [4.69, 9.17) is 15.6 Å². The number of nitrogens with two attached hydrogens (primary N) is 1. The molecule has 1 rings (SSSR count). The van der Waals surface area contributed by atoms with Crippen LogP contribution in [-0.4, -0.2) is 30.8 Å². The standard InChI is InChI=1S/C12H18N2O3/c1-8(14-7-11(13)12(15)16)9-3-5-10(17-2)6-4-9/h3-6,8,11,14H,7,13H2,1-2H3,(H,15,16)/t8-,11?/m1/s1. The molecule has 1 aromatic carbocycles. The Balaban J connectivity index is 2.51. The first kappa shape index (κ1) is 13.5. The number of hydrogen-bond acceptors (Lipinski definition) is 4. The number of carbonyl (C=O) groups is 1. The third kappa shape index (κ3) is 4.05. The van der Waals surface area contributed by atoms with Crippen molar-refractivity contribution in [3.8, 4) is 5.75 Å². The zero-order chi connectivity index (χ0) is 12.8. The lowest BCUT2D eigenvalue weighted by atomic mass is 10.1. The normalized spacial score (nSPS) is 14.1. The number of carboxylic acids is 1. The monoisotopic (exact) mass is 238 g/mol. The fourth-order valence-corrected chi connectivity index (χ4v) is 1.40. The van der Waals surface area contributed by atoms with E-state index in [2.05, 4.69) is 5.32 Å². The van der Waals surface area contributed by atoms with Crippen LogP contribution in [0.3, 0.4) is 0 Å². The Kier molecular flexibility index (Phi) is 4.93. The van der Waals surface area contributed by atoms with Crippen LogP contribution in [0.2, 0.25) is 0 Å². The van der Waals surface area contributed by atoms with Gasteiger partial charge in [-0.25, -0.2) is 0 Å². The molecule has 17 heavy (non-hydrogen) atoms. The molecule has 0 heterocycles. The average molecular weight is 238 g/mol. The van der Waals surface area contributed by atoms with E-state index < -0.39 is 12.0 Å². The van der Waals surface area contributed by atoms with Crippen molar-refractivity contribution in [2.45, 2.75) is 19.0 Å². The summed E-state index contributed by atoms with van der Waals surface area (Å²) in [4.78, 5) is 10.6. The number of carboxylic acid groups (broad SMARTS) is 1. The van der Waals surface area contributed by atoms with Crippen LogP contribution in [0.5, 0.6) is 5.75 Å². The SMILES string of the molecule is COc1ccc([C@@H](C)NCC(N)C(=O)O)cc1. The fraction of sp³-hybridized carbons (Fsp3) is 0.417. The Morgan fingerprint density at radius 1 is 1.47 bits per heavy atom. The first-order chi connectivity index (χ1) is 8.04. The Labute approximate surface area is 101 Å². The first-order valence-electron chi connectivity index (χ1n) is 5.40. The van der Waals surface area contributed by atoms with Gasteiger partial charge in [-0.3, -0.25) is 4.79 Å². The highest BCUT2D eigenvalue weighted by atomic mass is 16.5. The van der Waals surface area contributed by atoms with E-state index in [-0.39, 0.29) is 12.6 Å². The summed E-state index contributed by atoms with van der Waals surface area (Å²) >= 11 is 0. The summed E-state index contributed by atoms with van der Waals surface area (Å²) in [5.74, 6) is -0.206. The minimum Gasteiger partial charge on any atom is -0.497 e. The summed E-state index contributed by atoms with van der Waals surface area (Å²) < 4.78 is 5.06. The summed E-state index contributed by atoms with van der Waals surface area (Å²) in [6.45, 7) is 2.19. The molecule has 2 atom stereocenters. The van der Waals surface area contributed by atoms with Crippen molar-refractivity contribution in [1.82, 2.24) is 5.32 Å². The van der Waals surface area contributed by atoms with E-state index in [1.807, 2.05) is 31.2 Å². The molecular formula is C12H18N2O3. The number of benzene rings is 1. The minimum absolute atomic E-state index is 0.0475. The number of ether oxygens (including phenoxy) is 1. The maximum Gasteiger partial charge on any atom is 0.321 e. The molecule has 0 fully saturated rings. The Hall–Kier alpha value is -1.59. The number of rotatable bonds is 6. The maximum atomic E-state index is 10.6. The van der Waals surface area contributed by atoms with Crippen LogP contribution in [-0.2, 0) is 4.79 Å². The number of aliphatic carboxylic acids is 1. The van der Waals surface area contributed by atoms with Gasteiger partial charge in [0, 0.05) is 12.6 Å². The van der Waals surface area contributed by atoms with Crippen molar-refractivity contribution in [3.05, 3.63) is 29.8 Å². The first-order valence-corrected chi connectivity index (χ1v) is 5.40. The molecule has 0 amide bonds. The van der Waals surface area contributed by atoms with Crippen molar-refractivity contribution in [1.29, 1.82) is 0 Å². The molecule has 0 radical (unpaired) electrons. The van der Waals surface area contributed by atoms with Crippen molar-refractivity contribution >= 4 is 5.97 Å². The molecule has 1 unspecified atom stereocenters. The molecule has 5 heteroatoms. The summed E-state index contributed by atoms with van der Waals surface area (Å²) in [7, 11) is 1.61. The second-order valence-electron chi connectivity index (χ2n) is 3.85. The Morgan fingerprint density at radius 3 is 2.53 bits per heavy atom. The zero-order valence-electron chi connectivity index (χ0n) is 10.0. The molecule has 0 saturated heterocycles. The van der Waals surface area contributed by atoms with E-state index in [1.165, 1.54) is 0 Å². The summed E-state index contributed by atoms with van der Waals surface area (Å²) in [6, 6.07) is 6.77. The predicted molar refractivity (Wildman–Crippen MR) is 65.0 cm³/mol. The van der Waals surface area contributed by atoms with Gasteiger partial charge >= 0.3 is 5.97 Å². The van der Waals surface area contributed by atoms with E-state index in [1.54, 1.807) is 7.11 Å².